The molecule has 0 fully saturated rings. The van der Waals surface area contributed by atoms with Gasteiger partial charge in [-0.2, -0.15) is 0 Å². The van der Waals surface area contributed by atoms with Gasteiger partial charge in [-0.3, -0.25) is 15.1 Å². The highest BCUT2D eigenvalue weighted by Crippen LogP contribution is 2.32. The van der Waals surface area contributed by atoms with Crippen molar-refractivity contribution < 1.29 is 4.92 Å². The number of nitro groups is 1. The minimum atomic E-state index is -0.489. The number of nitrogens with zero attached hydrogens (tertiary/aromatic N) is 3. The summed E-state index contributed by atoms with van der Waals surface area (Å²) in [6.07, 6.45) is 2.85. The van der Waals surface area contributed by atoms with Crippen molar-refractivity contribution in [2.24, 2.45) is 0 Å². The number of rotatable bonds is 1. The largest absolute Gasteiger partial charge is 0.276 e. The van der Waals surface area contributed by atoms with E-state index in [2.05, 4.69) is 9.83 Å². The summed E-state index contributed by atoms with van der Waals surface area (Å²) in [5.74, 6) is 0. The van der Waals surface area contributed by atoms with E-state index in [0.29, 0.717) is 10.8 Å². The van der Waals surface area contributed by atoms with E-state index in [-0.39, 0.29) is 11.4 Å². The SMILES string of the molecule is [C-]#[N+]c1cncc2cccc([N+](=O)[O-])c12. The second-order valence-electron chi connectivity index (χ2n) is 2.90. The van der Waals surface area contributed by atoms with Crippen LogP contribution in [0.4, 0.5) is 11.4 Å². The molecule has 0 aliphatic heterocycles. The highest BCUT2D eigenvalue weighted by Gasteiger charge is 2.14. The van der Waals surface area contributed by atoms with Crippen molar-refractivity contribution in [2.45, 2.75) is 0 Å². The number of hydrogen-bond donors (Lipinski definition) is 0. The summed E-state index contributed by atoms with van der Waals surface area (Å²) < 4.78 is 0. The van der Waals surface area contributed by atoms with Gasteiger partial charge >= 0.3 is 0 Å². The Balaban J connectivity index is 2.95. The van der Waals surface area contributed by atoms with E-state index in [4.69, 9.17) is 6.57 Å². The number of fused-ring (bicyclic) bond motifs is 1. The van der Waals surface area contributed by atoms with Gasteiger partial charge in [0.25, 0.3) is 5.69 Å². The summed E-state index contributed by atoms with van der Waals surface area (Å²) in [7, 11) is 0. The monoisotopic (exact) mass is 199 g/mol. The minimum absolute atomic E-state index is 0.0547. The Bertz CT molecular complexity index is 581. The molecule has 0 bridgehead atoms. The lowest BCUT2D eigenvalue weighted by molar-refractivity contribution is -0.383. The van der Waals surface area contributed by atoms with Crippen molar-refractivity contribution in [2.75, 3.05) is 0 Å². The summed E-state index contributed by atoms with van der Waals surface area (Å²) in [5.41, 5.74) is 0.153. The van der Waals surface area contributed by atoms with Crippen molar-refractivity contribution in [1.82, 2.24) is 4.98 Å². The van der Waals surface area contributed by atoms with Crippen LogP contribution in [0.5, 0.6) is 0 Å². The molecule has 15 heavy (non-hydrogen) atoms. The summed E-state index contributed by atoms with van der Waals surface area (Å²) in [6.45, 7) is 6.93. The molecule has 1 aromatic carbocycles. The first-order valence-electron chi connectivity index (χ1n) is 4.12. The van der Waals surface area contributed by atoms with Gasteiger partial charge < -0.3 is 0 Å². The number of non-ortho nitro benzene ring substituents is 1. The van der Waals surface area contributed by atoms with Crippen LogP contribution in [-0.2, 0) is 0 Å². The molecule has 0 amide bonds. The molecule has 0 radical (unpaired) electrons. The molecular formula is C10H5N3O2. The van der Waals surface area contributed by atoms with E-state index in [0.717, 1.165) is 0 Å². The lowest BCUT2D eigenvalue weighted by Crippen LogP contribution is -1.89. The normalized spacial score (nSPS) is 9.80. The lowest BCUT2D eigenvalue weighted by atomic mass is 10.1. The Morgan fingerprint density at radius 2 is 2.20 bits per heavy atom. The molecule has 2 aromatic rings. The van der Waals surface area contributed by atoms with Crippen LogP contribution in [0.25, 0.3) is 15.6 Å². The zero-order valence-electron chi connectivity index (χ0n) is 7.54. The summed E-state index contributed by atoms with van der Waals surface area (Å²) in [5, 5.41) is 11.7. The average molecular weight is 199 g/mol. The van der Waals surface area contributed by atoms with Crippen LogP contribution < -0.4 is 0 Å². The molecular weight excluding hydrogens is 194 g/mol. The maximum atomic E-state index is 10.8. The maximum Gasteiger partial charge on any atom is 0.267 e. The standard InChI is InChI=1S/C10H5N3O2/c1-11-8-6-12-5-7-3-2-4-9(10(7)8)13(14)15/h2-6H. The molecule has 0 N–H and O–H groups in total. The molecule has 0 unspecified atom stereocenters. The van der Waals surface area contributed by atoms with Gasteiger partial charge in [-0.15, -0.1) is 0 Å². The minimum Gasteiger partial charge on any atom is -0.276 e. The molecule has 1 heterocycles. The van der Waals surface area contributed by atoms with Gasteiger partial charge in [0.2, 0.25) is 5.69 Å². The van der Waals surface area contributed by atoms with E-state index in [9.17, 15) is 10.1 Å². The molecule has 1 aromatic heterocycles. The fourth-order valence-corrected chi connectivity index (χ4v) is 1.43. The Kier molecular flexibility index (Phi) is 2.03. The van der Waals surface area contributed by atoms with Gasteiger partial charge in [0.05, 0.1) is 16.9 Å². The van der Waals surface area contributed by atoms with E-state index < -0.39 is 4.92 Å². The third-order valence-electron chi connectivity index (χ3n) is 2.06. The van der Waals surface area contributed by atoms with E-state index in [1.807, 2.05) is 0 Å². The number of pyridine rings is 1. The topological polar surface area (TPSA) is 60.4 Å². The van der Waals surface area contributed by atoms with E-state index in [1.165, 1.54) is 18.5 Å². The Morgan fingerprint density at radius 1 is 1.40 bits per heavy atom. The van der Waals surface area contributed by atoms with Crippen LogP contribution in [0.1, 0.15) is 0 Å². The first-order chi connectivity index (χ1) is 7.24. The molecule has 0 aliphatic carbocycles. The highest BCUT2D eigenvalue weighted by atomic mass is 16.6. The summed E-state index contributed by atoms with van der Waals surface area (Å²) >= 11 is 0. The molecule has 5 nitrogen and oxygen atoms in total. The fourth-order valence-electron chi connectivity index (χ4n) is 1.43. The maximum absolute atomic E-state index is 10.8. The number of benzene rings is 1. The van der Waals surface area contributed by atoms with Gasteiger partial charge in [0, 0.05) is 18.5 Å². The zero-order chi connectivity index (χ0) is 10.8. The smallest absolute Gasteiger partial charge is 0.267 e. The van der Waals surface area contributed by atoms with Crippen LogP contribution in [-0.4, -0.2) is 9.91 Å². The predicted molar refractivity (Wildman–Crippen MR) is 54.7 cm³/mol. The van der Waals surface area contributed by atoms with Crippen molar-refractivity contribution in [3.63, 3.8) is 0 Å². The number of hydrogen-bond acceptors (Lipinski definition) is 3. The van der Waals surface area contributed by atoms with Gasteiger partial charge in [-0.05, 0) is 5.39 Å². The second-order valence-corrected chi connectivity index (χ2v) is 2.90. The van der Waals surface area contributed by atoms with Crippen LogP contribution in [0.3, 0.4) is 0 Å². The molecule has 0 saturated carbocycles. The highest BCUT2D eigenvalue weighted by molar-refractivity contribution is 6.00. The molecule has 0 spiro atoms. The van der Waals surface area contributed by atoms with Crippen molar-refractivity contribution in [3.05, 3.63) is 52.1 Å². The first-order valence-corrected chi connectivity index (χ1v) is 4.12. The number of nitro benzene ring substituents is 1. The Morgan fingerprint density at radius 3 is 2.87 bits per heavy atom. The van der Waals surface area contributed by atoms with Crippen LogP contribution >= 0.6 is 0 Å². The zero-order valence-corrected chi connectivity index (χ0v) is 7.54. The summed E-state index contributed by atoms with van der Waals surface area (Å²) in [4.78, 5) is 17.3. The fraction of sp³-hybridized carbons (Fsp3) is 0. The van der Waals surface area contributed by atoms with Gasteiger partial charge in [0.1, 0.15) is 0 Å². The van der Waals surface area contributed by atoms with Gasteiger partial charge in [-0.1, -0.05) is 12.1 Å². The molecule has 0 saturated heterocycles. The second kappa shape index (κ2) is 3.35. The van der Waals surface area contributed by atoms with Crippen molar-refractivity contribution in [1.29, 1.82) is 0 Å². The molecule has 5 heteroatoms. The van der Waals surface area contributed by atoms with E-state index >= 15 is 0 Å². The molecule has 0 atom stereocenters. The third-order valence-corrected chi connectivity index (χ3v) is 2.06. The number of aromatic nitrogens is 1. The average Bonchev–Trinajstić information content (AvgIpc) is 2.27. The van der Waals surface area contributed by atoms with Gasteiger partial charge in [0.15, 0.2) is 0 Å². The Labute approximate surface area is 85.0 Å². The molecule has 72 valence electrons. The molecule has 2 rings (SSSR count). The quantitative estimate of drug-likeness (QED) is 0.403. The van der Waals surface area contributed by atoms with Crippen LogP contribution in [0, 0.1) is 16.7 Å². The molecule has 0 aliphatic rings. The van der Waals surface area contributed by atoms with E-state index in [1.54, 1.807) is 12.1 Å². The van der Waals surface area contributed by atoms with Crippen LogP contribution in [0.15, 0.2) is 30.6 Å². The first kappa shape index (κ1) is 9.09. The van der Waals surface area contributed by atoms with Crippen molar-refractivity contribution >= 4 is 22.1 Å². The predicted octanol–water partition coefficient (Wildman–Crippen LogP) is 2.69. The Hall–Kier alpha value is -2.48. The summed E-state index contributed by atoms with van der Waals surface area (Å²) in [6, 6.07) is 4.66. The third kappa shape index (κ3) is 1.38. The van der Waals surface area contributed by atoms with Crippen LogP contribution in [0.2, 0.25) is 0 Å². The van der Waals surface area contributed by atoms with Crippen molar-refractivity contribution in [3.8, 4) is 0 Å². The van der Waals surface area contributed by atoms with Gasteiger partial charge in [-0.25, -0.2) is 4.85 Å². The lowest BCUT2D eigenvalue weighted by Gasteiger charge is -2.00.